The Morgan fingerprint density at radius 1 is 1.16 bits per heavy atom. The molecule has 16 heteroatoms. The first kappa shape index (κ1) is 32.1. The fraction of sp³-hybridized carbons (Fsp3) is 0.464. The van der Waals surface area contributed by atoms with Gasteiger partial charge in [0.2, 0.25) is 0 Å². The first-order valence-corrected chi connectivity index (χ1v) is 13.9. The van der Waals surface area contributed by atoms with Gasteiger partial charge in [-0.3, -0.25) is 5.43 Å². The Balaban J connectivity index is 1.52. The number of carbonyl (C=O) groups is 1. The van der Waals surface area contributed by atoms with E-state index in [4.69, 9.17) is 30.5 Å². The van der Waals surface area contributed by atoms with E-state index in [-0.39, 0.29) is 23.3 Å². The molecule has 1 amide bonds. The Kier molecular flexibility index (Phi) is 8.90. The van der Waals surface area contributed by atoms with Gasteiger partial charge in [0.15, 0.2) is 12.1 Å². The number of hydrazine groups is 1. The van der Waals surface area contributed by atoms with Crippen LogP contribution in [0.2, 0.25) is 5.02 Å². The number of nitrogens with one attached hydrogen (secondary N) is 2. The Hall–Kier alpha value is -3.34. The number of hydrogen-bond acceptors (Lipinski definition) is 9. The third-order valence-corrected chi connectivity index (χ3v) is 6.98. The van der Waals surface area contributed by atoms with Gasteiger partial charge >= 0.3 is 12.3 Å². The highest BCUT2D eigenvalue weighted by Gasteiger charge is 2.52. The van der Waals surface area contributed by atoms with Crippen LogP contribution in [-0.2, 0) is 25.1 Å². The average molecular weight is 644 g/mol. The van der Waals surface area contributed by atoms with Gasteiger partial charge in [0.1, 0.15) is 47.2 Å². The zero-order valence-corrected chi connectivity index (χ0v) is 24.7. The number of fused-ring (bicyclic) bond motifs is 1. The van der Waals surface area contributed by atoms with E-state index in [2.05, 4.69) is 20.9 Å². The number of aromatic nitrogens is 3. The minimum Gasteiger partial charge on any atom is -0.443 e. The van der Waals surface area contributed by atoms with Crippen molar-refractivity contribution in [1.29, 1.82) is 0 Å². The third-order valence-electron chi connectivity index (χ3n) is 6.76. The van der Waals surface area contributed by atoms with Crippen molar-refractivity contribution in [2.45, 2.75) is 76.2 Å². The molecule has 1 unspecified atom stereocenters. The maximum absolute atomic E-state index is 14.7. The van der Waals surface area contributed by atoms with Crippen LogP contribution in [0.5, 0.6) is 0 Å². The van der Waals surface area contributed by atoms with Gasteiger partial charge in [-0.25, -0.2) is 24.3 Å². The van der Waals surface area contributed by atoms with Crippen LogP contribution in [0.3, 0.4) is 0 Å². The Bertz CT molecular complexity index is 1500. The first-order chi connectivity index (χ1) is 20.6. The molecule has 11 nitrogen and oxygen atoms in total. The summed E-state index contributed by atoms with van der Waals surface area (Å²) in [6.45, 7) is 6.33. The third kappa shape index (κ3) is 6.82. The van der Waals surface area contributed by atoms with Gasteiger partial charge in [0.25, 0.3) is 0 Å². The molecule has 5 rings (SSSR count). The molecule has 2 saturated heterocycles. The number of amides is 1. The second-order valence-corrected chi connectivity index (χ2v) is 11.7. The molecule has 238 valence electrons. The Labute approximate surface area is 254 Å². The smallest absolute Gasteiger partial charge is 0.422 e. The molecule has 1 aromatic heterocycles. The van der Waals surface area contributed by atoms with E-state index in [0.29, 0.717) is 11.6 Å². The fourth-order valence-corrected chi connectivity index (χ4v) is 5.24. The van der Waals surface area contributed by atoms with Crippen molar-refractivity contribution in [2.24, 2.45) is 0 Å². The van der Waals surface area contributed by atoms with Gasteiger partial charge in [-0.2, -0.15) is 18.3 Å². The highest BCUT2D eigenvalue weighted by atomic mass is 35.5. The van der Waals surface area contributed by atoms with Crippen LogP contribution in [0.1, 0.15) is 55.9 Å². The van der Waals surface area contributed by atoms with Crippen LogP contribution >= 0.6 is 11.6 Å². The summed E-state index contributed by atoms with van der Waals surface area (Å²) in [6, 6.07) is 9.25. The van der Waals surface area contributed by atoms with Crippen molar-refractivity contribution < 1.29 is 46.4 Å². The normalized spacial score (nSPS) is 25.8. The van der Waals surface area contributed by atoms with E-state index >= 15 is 0 Å². The molecule has 0 bridgehead atoms. The Morgan fingerprint density at radius 3 is 2.52 bits per heavy atom. The standard InChI is InChI=1S/C28H30ClF4N5O6/c1-13-34-24(38(37-13)17-11-15(29)10-16(30)19(17)28(31,32)33)23-21(39)20(35-36-26(40)44-27(2,3)4)22-18(42-23)12-41-25(43-22)14-8-6-5-7-9-14/h5-11,18,20-23,25,35,39H,12H2,1-4H3,(H,36,40)/t18-,20-,21-,22+,23-,25?/m1/s1. The van der Waals surface area contributed by atoms with Crippen LogP contribution < -0.4 is 10.9 Å². The van der Waals surface area contributed by atoms with Gasteiger partial charge in [-0.1, -0.05) is 41.9 Å². The number of hydrogen-bond donors (Lipinski definition) is 3. The fourth-order valence-electron chi connectivity index (χ4n) is 5.04. The quantitative estimate of drug-likeness (QED) is 0.268. The van der Waals surface area contributed by atoms with Gasteiger partial charge in [0, 0.05) is 10.6 Å². The molecule has 2 aliphatic heterocycles. The van der Waals surface area contributed by atoms with Gasteiger partial charge < -0.3 is 24.1 Å². The molecule has 0 spiro atoms. The molecule has 3 aromatic rings. The van der Waals surface area contributed by atoms with E-state index in [9.17, 15) is 27.5 Å². The molecular weight excluding hydrogens is 614 g/mol. The summed E-state index contributed by atoms with van der Waals surface area (Å²) in [4.78, 5) is 16.7. The lowest BCUT2D eigenvalue weighted by Gasteiger charge is -2.48. The van der Waals surface area contributed by atoms with E-state index in [1.807, 2.05) is 6.07 Å². The summed E-state index contributed by atoms with van der Waals surface area (Å²) in [6.07, 6.45) is -11.8. The van der Waals surface area contributed by atoms with Crippen molar-refractivity contribution in [2.75, 3.05) is 6.61 Å². The largest absolute Gasteiger partial charge is 0.443 e. The predicted octanol–water partition coefficient (Wildman–Crippen LogP) is 4.70. The van der Waals surface area contributed by atoms with E-state index in [1.54, 1.807) is 45.0 Å². The van der Waals surface area contributed by atoms with Crippen LogP contribution in [0.15, 0.2) is 42.5 Å². The molecule has 44 heavy (non-hydrogen) atoms. The second-order valence-electron chi connectivity index (χ2n) is 11.3. The lowest BCUT2D eigenvalue weighted by molar-refractivity contribution is -0.313. The molecular formula is C28H30ClF4N5O6. The van der Waals surface area contributed by atoms with Crippen molar-refractivity contribution in [1.82, 2.24) is 25.6 Å². The lowest BCUT2D eigenvalue weighted by atomic mass is 9.91. The highest BCUT2D eigenvalue weighted by Crippen LogP contribution is 2.41. The van der Waals surface area contributed by atoms with Gasteiger partial charge in [-0.15, -0.1) is 0 Å². The number of aliphatic hydroxyl groups is 1. The maximum Gasteiger partial charge on any atom is 0.422 e. The molecule has 2 aromatic carbocycles. The summed E-state index contributed by atoms with van der Waals surface area (Å²) < 4.78 is 80.9. The maximum atomic E-state index is 14.7. The van der Waals surface area contributed by atoms with E-state index in [1.165, 1.54) is 6.92 Å². The van der Waals surface area contributed by atoms with Crippen LogP contribution in [-0.4, -0.2) is 62.5 Å². The van der Waals surface area contributed by atoms with Gasteiger partial charge in [0.05, 0.1) is 18.3 Å². The van der Waals surface area contributed by atoms with E-state index < -0.39 is 71.7 Å². The molecule has 3 N–H and O–H groups in total. The summed E-state index contributed by atoms with van der Waals surface area (Å²) in [5.41, 5.74) is 2.57. The number of benzene rings is 2. The average Bonchev–Trinajstić information content (AvgIpc) is 3.31. The number of ether oxygens (including phenoxy) is 4. The number of rotatable bonds is 5. The van der Waals surface area contributed by atoms with E-state index in [0.717, 1.165) is 10.7 Å². The lowest BCUT2D eigenvalue weighted by Crippen LogP contribution is -2.66. The molecule has 3 heterocycles. The number of nitrogens with zero attached hydrogens (tertiary/aromatic N) is 3. The summed E-state index contributed by atoms with van der Waals surface area (Å²) in [5.74, 6) is -1.90. The molecule has 0 aliphatic carbocycles. The highest BCUT2D eigenvalue weighted by molar-refractivity contribution is 6.30. The van der Waals surface area contributed by atoms with Crippen molar-refractivity contribution in [3.05, 3.63) is 76.1 Å². The van der Waals surface area contributed by atoms with Crippen LogP contribution in [0, 0.1) is 12.7 Å². The SMILES string of the molecule is Cc1nc([C@@H]2O[C@@H]3COC(c4ccccc4)O[C@@H]3[C@H](NNC(=O)OC(C)(C)C)[C@H]2O)n(-c2cc(Cl)cc(F)c2C(F)(F)F)n1. The van der Waals surface area contributed by atoms with Crippen LogP contribution in [0.25, 0.3) is 5.69 Å². The molecule has 2 aliphatic rings. The first-order valence-electron chi connectivity index (χ1n) is 13.5. The predicted molar refractivity (Wildman–Crippen MR) is 146 cm³/mol. The number of carbonyl (C=O) groups excluding carboxylic acids is 1. The van der Waals surface area contributed by atoms with Crippen molar-refractivity contribution in [3.8, 4) is 5.69 Å². The van der Waals surface area contributed by atoms with Gasteiger partial charge in [-0.05, 0) is 39.8 Å². The Morgan fingerprint density at radius 2 is 1.86 bits per heavy atom. The number of alkyl halides is 3. The van der Waals surface area contributed by atoms with Crippen molar-refractivity contribution >= 4 is 17.7 Å². The number of halogens is 5. The van der Waals surface area contributed by atoms with Crippen LogP contribution in [0.4, 0.5) is 22.4 Å². The summed E-state index contributed by atoms with van der Waals surface area (Å²) >= 11 is 5.95. The van der Waals surface area contributed by atoms with Crippen molar-refractivity contribution in [3.63, 3.8) is 0 Å². The summed E-state index contributed by atoms with van der Waals surface area (Å²) in [5, 5.41) is 15.4. The molecule has 2 fully saturated rings. The zero-order valence-electron chi connectivity index (χ0n) is 23.9. The minimum absolute atomic E-state index is 0.00288. The molecule has 0 saturated carbocycles. The number of aryl methyl sites for hydroxylation is 1. The molecule has 6 atom stereocenters. The monoisotopic (exact) mass is 643 g/mol. The zero-order chi connectivity index (χ0) is 32.0. The summed E-state index contributed by atoms with van der Waals surface area (Å²) in [7, 11) is 0. The topological polar surface area (TPSA) is 129 Å². The second kappa shape index (κ2) is 12.2. The molecule has 0 radical (unpaired) electrons. The number of aliphatic hydroxyl groups excluding tert-OH is 1. The minimum atomic E-state index is -5.13.